The van der Waals surface area contributed by atoms with Crippen molar-refractivity contribution in [3.63, 3.8) is 0 Å². The fraction of sp³-hybridized carbons (Fsp3) is 0.316. The van der Waals surface area contributed by atoms with Gasteiger partial charge in [0.15, 0.2) is 0 Å². The minimum atomic E-state index is -0.399. The Hall–Kier alpha value is -2.34. The van der Waals surface area contributed by atoms with Gasteiger partial charge < -0.3 is 0 Å². The van der Waals surface area contributed by atoms with E-state index in [0.717, 1.165) is 29.8 Å². The van der Waals surface area contributed by atoms with E-state index in [1.54, 1.807) is 23.9 Å². The summed E-state index contributed by atoms with van der Waals surface area (Å²) >= 11 is 1.76. The van der Waals surface area contributed by atoms with Gasteiger partial charge in [0.25, 0.3) is 5.69 Å². The van der Waals surface area contributed by atoms with Gasteiger partial charge in [-0.25, -0.2) is 0 Å². The van der Waals surface area contributed by atoms with E-state index >= 15 is 0 Å². The average Bonchev–Trinajstić information content (AvgIpc) is 3.40. The molecule has 0 bridgehead atoms. The van der Waals surface area contributed by atoms with Crippen LogP contribution in [0.2, 0.25) is 0 Å². The molecule has 1 aliphatic carbocycles. The van der Waals surface area contributed by atoms with Gasteiger partial charge in [-0.05, 0) is 48.1 Å². The smallest absolute Gasteiger partial charge is 0.269 e. The van der Waals surface area contributed by atoms with Gasteiger partial charge in [-0.1, -0.05) is 18.2 Å². The first-order chi connectivity index (χ1) is 12.1. The molecule has 1 saturated carbocycles. The van der Waals surface area contributed by atoms with Gasteiger partial charge >= 0.3 is 0 Å². The second-order valence-electron chi connectivity index (χ2n) is 6.79. The molecule has 5 nitrogen and oxygen atoms in total. The topological polar surface area (TPSA) is 63.4 Å². The van der Waals surface area contributed by atoms with Gasteiger partial charge in [0.1, 0.15) is 5.37 Å². The summed E-state index contributed by atoms with van der Waals surface area (Å²) in [7, 11) is 0. The van der Waals surface area contributed by atoms with Crippen molar-refractivity contribution in [2.75, 3.05) is 10.7 Å². The lowest BCUT2D eigenvalue weighted by Crippen LogP contribution is -2.32. The highest BCUT2D eigenvalue weighted by atomic mass is 32.2. The SMILES string of the molecule is O=C1CC2(CC2)CS[C@@H](c2ccc([N+](=O)[O-])cc2)N1c1ccccc1. The molecule has 0 N–H and O–H groups in total. The number of anilines is 1. The van der Waals surface area contributed by atoms with Crippen LogP contribution in [0.15, 0.2) is 54.6 Å². The first-order valence-corrected chi connectivity index (χ1v) is 9.36. The molecule has 1 aliphatic heterocycles. The molecule has 1 amide bonds. The minimum absolute atomic E-state index is 0.0682. The van der Waals surface area contributed by atoms with Crippen LogP contribution < -0.4 is 4.90 Å². The van der Waals surface area contributed by atoms with Gasteiger partial charge in [0, 0.05) is 30.0 Å². The lowest BCUT2D eigenvalue weighted by atomic mass is 10.0. The molecule has 1 heterocycles. The summed E-state index contributed by atoms with van der Waals surface area (Å²) in [6, 6.07) is 16.2. The Bertz CT molecular complexity index is 803. The average molecular weight is 354 g/mol. The summed E-state index contributed by atoms with van der Waals surface area (Å²) in [4.78, 5) is 25.4. The largest absolute Gasteiger partial charge is 0.296 e. The van der Waals surface area contributed by atoms with E-state index in [1.165, 1.54) is 12.1 Å². The van der Waals surface area contributed by atoms with Crippen LogP contribution in [0.5, 0.6) is 0 Å². The molecule has 25 heavy (non-hydrogen) atoms. The lowest BCUT2D eigenvalue weighted by Gasteiger charge is -2.30. The van der Waals surface area contributed by atoms with E-state index in [-0.39, 0.29) is 22.4 Å². The number of rotatable bonds is 3. The molecule has 2 aliphatic rings. The number of para-hydroxylation sites is 1. The second-order valence-corrected chi connectivity index (χ2v) is 7.86. The highest BCUT2D eigenvalue weighted by Crippen LogP contribution is 2.56. The molecule has 0 unspecified atom stereocenters. The molecule has 2 aromatic carbocycles. The van der Waals surface area contributed by atoms with Crippen molar-refractivity contribution in [2.24, 2.45) is 5.41 Å². The van der Waals surface area contributed by atoms with Crippen LogP contribution in [0.4, 0.5) is 11.4 Å². The number of hydrogen-bond donors (Lipinski definition) is 0. The molecule has 1 saturated heterocycles. The molecule has 128 valence electrons. The molecule has 4 rings (SSSR count). The highest BCUT2D eigenvalue weighted by Gasteiger charge is 2.49. The van der Waals surface area contributed by atoms with Gasteiger partial charge in [-0.3, -0.25) is 19.8 Å². The number of thioether (sulfide) groups is 1. The summed E-state index contributed by atoms with van der Waals surface area (Å²) in [5, 5.41) is 10.8. The molecular formula is C19H18N2O3S. The van der Waals surface area contributed by atoms with E-state index in [4.69, 9.17) is 0 Å². The number of amides is 1. The predicted octanol–water partition coefficient (Wildman–Crippen LogP) is 4.54. The molecule has 2 fully saturated rings. The molecule has 1 spiro atoms. The number of carbonyl (C=O) groups excluding carboxylic acids is 1. The third kappa shape index (κ3) is 3.14. The Morgan fingerprint density at radius 3 is 2.36 bits per heavy atom. The monoisotopic (exact) mass is 354 g/mol. The lowest BCUT2D eigenvalue weighted by molar-refractivity contribution is -0.384. The van der Waals surface area contributed by atoms with E-state index in [9.17, 15) is 14.9 Å². The molecular weight excluding hydrogens is 336 g/mol. The number of carbonyl (C=O) groups is 1. The van der Waals surface area contributed by atoms with Gasteiger partial charge in [0.2, 0.25) is 5.91 Å². The van der Waals surface area contributed by atoms with Crippen LogP contribution in [0.3, 0.4) is 0 Å². The Morgan fingerprint density at radius 2 is 1.76 bits per heavy atom. The number of nitro groups is 1. The summed E-state index contributed by atoms with van der Waals surface area (Å²) < 4.78 is 0. The van der Waals surface area contributed by atoms with E-state index in [1.807, 2.05) is 35.2 Å². The molecule has 2 aromatic rings. The minimum Gasteiger partial charge on any atom is -0.296 e. The Balaban J connectivity index is 1.73. The Morgan fingerprint density at radius 1 is 1.08 bits per heavy atom. The van der Waals surface area contributed by atoms with Crippen molar-refractivity contribution in [2.45, 2.75) is 24.6 Å². The van der Waals surface area contributed by atoms with E-state index in [0.29, 0.717) is 6.42 Å². The van der Waals surface area contributed by atoms with Crippen molar-refractivity contribution < 1.29 is 9.72 Å². The van der Waals surface area contributed by atoms with Gasteiger partial charge in [-0.15, -0.1) is 11.8 Å². The first kappa shape index (κ1) is 16.1. The zero-order valence-electron chi connectivity index (χ0n) is 13.6. The maximum Gasteiger partial charge on any atom is 0.269 e. The van der Waals surface area contributed by atoms with Crippen LogP contribution >= 0.6 is 11.8 Å². The van der Waals surface area contributed by atoms with Crippen LogP contribution in [-0.4, -0.2) is 16.6 Å². The third-order valence-corrected chi connectivity index (χ3v) is 6.54. The van der Waals surface area contributed by atoms with Crippen molar-refractivity contribution in [3.8, 4) is 0 Å². The van der Waals surface area contributed by atoms with Crippen LogP contribution in [0, 0.1) is 15.5 Å². The number of nitrogens with zero attached hydrogens (tertiary/aromatic N) is 2. The van der Waals surface area contributed by atoms with Crippen molar-refractivity contribution in [3.05, 3.63) is 70.3 Å². The standard InChI is InChI=1S/C19H18N2O3S/c22-17-12-19(10-11-19)13-25-18(20(17)15-4-2-1-3-5-15)14-6-8-16(9-7-14)21(23)24/h1-9,18H,10-13H2/t18-/m0/s1. The second kappa shape index (κ2) is 6.19. The van der Waals surface area contributed by atoms with E-state index < -0.39 is 4.92 Å². The fourth-order valence-corrected chi connectivity index (χ4v) is 4.93. The maximum atomic E-state index is 13.0. The summed E-state index contributed by atoms with van der Waals surface area (Å²) in [6.07, 6.45) is 2.81. The Labute approximate surface area is 150 Å². The van der Waals surface area contributed by atoms with Crippen LogP contribution in [-0.2, 0) is 4.79 Å². The molecule has 0 radical (unpaired) electrons. The van der Waals surface area contributed by atoms with Crippen molar-refractivity contribution >= 4 is 29.0 Å². The Kier molecular flexibility index (Phi) is 4.00. The highest BCUT2D eigenvalue weighted by molar-refractivity contribution is 7.99. The predicted molar refractivity (Wildman–Crippen MR) is 98.5 cm³/mol. The summed E-state index contributed by atoms with van der Waals surface area (Å²) in [5.41, 5.74) is 2.02. The van der Waals surface area contributed by atoms with Crippen LogP contribution in [0.1, 0.15) is 30.2 Å². The molecule has 1 atom stereocenters. The quantitative estimate of drug-likeness (QED) is 0.599. The number of hydrogen-bond acceptors (Lipinski definition) is 4. The van der Waals surface area contributed by atoms with Gasteiger partial charge in [0.05, 0.1) is 4.92 Å². The zero-order chi connectivity index (χ0) is 17.4. The third-order valence-electron chi connectivity index (χ3n) is 4.96. The maximum absolute atomic E-state index is 13.0. The normalized spacial score (nSPS) is 21.8. The number of nitro benzene ring substituents is 1. The summed E-state index contributed by atoms with van der Waals surface area (Å²) in [6.45, 7) is 0. The van der Waals surface area contributed by atoms with Crippen LogP contribution in [0.25, 0.3) is 0 Å². The first-order valence-electron chi connectivity index (χ1n) is 8.31. The van der Waals surface area contributed by atoms with Crippen molar-refractivity contribution in [1.82, 2.24) is 0 Å². The van der Waals surface area contributed by atoms with E-state index in [2.05, 4.69) is 0 Å². The number of non-ortho nitro benzene ring substituents is 1. The zero-order valence-corrected chi connectivity index (χ0v) is 14.4. The molecule has 0 aromatic heterocycles. The fourth-order valence-electron chi connectivity index (χ4n) is 3.29. The number of benzene rings is 2. The summed E-state index contributed by atoms with van der Waals surface area (Å²) in [5.74, 6) is 1.08. The van der Waals surface area contributed by atoms with Gasteiger partial charge in [-0.2, -0.15) is 0 Å². The molecule has 6 heteroatoms. The van der Waals surface area contributed by atoms with Crippen molar-refractivity contribution in [1.29, 1.82) is 0 Å².